The Hall–Kier alpha value is -2.37. The minimum Gasteiger partial charge on any atom is -0.369 e. The molecule has 2 heterocycles. The van der Waals surface area contributed by atoms with Crippen molar-refractivity contribution in [3.05, 3.63) is 30.0 Å². The fourth-order valence-corrected chi connectivity index (χ4v) is 4.09. The topological polar surface area (TPSA) is 81.2 Å². The molecule has 0 spiro atoms. The van der Waals surface area contributed by atoms with Crippen LogP contribution in [0.1, 0.15) is 42.6 Å². The normalized spacial score (nSPS) is 20.0. The van der Waals surface area contributed by atoms with E-state index in [1.54, 1.807) is 4.68 Å². The maximum atomic E-state index is 13.0. The van der Waals surface area contributed by atoms with Crippen LogP contribution in [0.5, 0.6) is 0 Å². The summed E-state index contributed by atoms with van der Waals surface area (Å²) < 4.78 is 1.74. The van der Waals surface area contributed by atoms with Crippen LogP contribution in [0, 0.1) is 11.3 Å². The highest BCUT2D eigenvalue weighted by molar-refractivity contribution is 6.04. The van der Waals surface area contributed by atoms with Gasteiger partial charge in [-0.1, -0.05) is 31.0 Å². The Kier molecular flexibility index (Phi) is 3.78. The average molecular weight is 340 g/mol. The monoisotopic (exact) mass is 340 g/mol. The molecule has 2 N–H and O–H groups in total. The van der Waals surface area contributed by atoms with Gasteiger partial charge in [-0.3, -0.25) is 14.3 Å². The fraction of sp³-hybridized carbons (Fsp3) is 0.526. The molecule has 1 aromatic carbocycles. The molecule has 1 aliphatic carbocycles. The number of aromatic nitrogens is 2. The molecule has 132 valence electrons. The van der Waals surface area contributed by atoms with E-state index in [4.69, 9.17) is 5.73 Å². The number of likely N-dealkylation sites (tertiary alicyclic amines) is 1. The van der Waals surface area contributed by atoms with Gasteiger partial charge >= 0.3 is 0 Å². The highest BCUT2D eigenvalue weighted by Crippen LogP contribution is 2.45. The molecule has 2 fully saturated rings. The molecular formula is C19H24N4O2. The molecule has 1 aliphatic heterocycles. The summed E-state index contributed by atoms with van der Waals surface area (Å²) in [6, 6.07) is 7.76. The molecule has 2 aliphatic rings. The summed E-state index contributed by atoms with van der Waals surface area (Å²) in [6.07, 6.45) is 4.62. The molecule has 6 heteroatoms. The number of primary amides is 1. The smallest absolute Gasteiger partial charge is 0.275 e. The number of carbonyl (C=O) groups is 2. The Morgan fingerprint density at radius 1 is 1.24 bits per heavy atom. The number of nitrogens with two attached hydrogens (primary N) is 1. The molecule has 0 atom stereocenters. The molecule has 6 nitrogen and oxygen atoms in total. The number of rotatable bonds is 4. The number of nitrogens with zero attached hydrogens (tertiary/aromatic N) is 3. The van der Waals surface area contributed by atoms with Crippen LogP contribution in [0.15, 0.2) is 24.3 Å². The first kappa shape index (κ1) is 16.1. The lowest BCUT2D eigenvalue weighted by Gasteiger charge is -2.39. The van der Waals surface area contributed by atoms with Crippen molar-refractivity contribution in [1.82, 2.24) is 14.7 Å². The van der Waals surface area contributed by atoms with Gasteiger partial charge in [0.1, 0.15) is 0 Å². The van der Waals surface area contributed by atoms with Crippen LogP contribution in [-0.2, 0) is 11.8 Å². The van der Waals surface area contributed by atoms with Gasteiger partial charge in [0.15, 0.2) is 5.69 Å². The number of fused-ring (bicyclic) bond motifs is 1. The van der Waals surface area contributed by atoms with Crippen LogP contribution < -0.4 is 5.73 Å². The van der Waals surface area contributed by atoms with Gasteiger partial charge in [-0.2, -0.15) is 5.10 Å². The Morgan fingerprint density at radius 3 is 2.56 bits per heavy atom. The third-order valence-corrected chi connectivity index (χ3v) is 5.87. The van der Waals surface area contributed by atoms with Crippen LogP contribution in [0.25, 0.3) is 10.9 Å². The summed E-state index contributed by atoms with van der Waals surface area (Å²) in [6.45, 7) is 1.14. The van der Waals surface area contributed by atoms with Gasteiger partial charge < -0.3 is 10.6 Å². The number of amides is 2. The van der Waals surface area contributed by atoms with E-state index < -0.39 is 5.41 Å². The second-order valence-electron chi connectivity index (χ2n) is 7.57. The maximum absolute atomic E-state index is 13.0. The number of aryl methyl sites for hydroxylation is 1. The Bertz CT molecular complexity index is 829. The van der Waals surface area contributed by atoms with E-state index in [1.807, 2.05) is 36.2 Å². The van der Waals surface area contributed by atoms with Gasteiger partial charge in [-0.25, -0.2) is 0 Å². The number of benzene rings is 1. The minimum absolute atomic E-state index is 0.0544. The van der Waals surface area contributed by atoms with Crippen molar-refractivity contribution in [3.63, 3.8) is 0 Å². The zero-order chi connectivity index (χ0) is 17.6. The lowest BCUT2D eigenvalue weighted by atomic mass is 9.73. The number of para-hydroxylation sites is 1. The molecule has 0 radical (unpaired) electrons. The van der Waals surface area contributed by atoms with Crippen LogP contribution in [0.3, 0.4) is 0 Å². The predicted octanol–water partition coefficient (Wildman–Crippen LogP) is 2.08. The number of hydrogen-bond donors (Lipinski definition) is 1. The number of carbonyl (C=O) groups excluding carboxylic acids is 2. The SMILES string of the molecule is Cn1nc(C(=O)N2CCC(CC3CC3)(C(N)=O)CC2)c2ccccc21. The third-order valence-electron chi connectivity index (χ3n) is 5.87. The summed E-state index contributed by atoms with van der Waals surface area (Å²) in [4.78, 5) is 26.9. The quantitative estimate of drug-likeness (QED) is 0.925. The van der Waals surface area contributed by atoms with E-state index >= 15 is 0 Å². The highest BCUT2D eigenvalue weighted by Gasteiger charge is 2.44. The highest BCUT2D eigenvalue weighted by atomic mass is 16.2. The van der Waals surface area contributed by atoms with Crippen molar-refractivity contribution >= 4 is 22.7 Å². The van der Waals surface area contributed by atoms with Crippen molar-refractivity contribution in [2.24, 2.45) is 24.1 Å². The molecular weight excluding hydrogens is 316 g/mol. The maximum Gasteiger partial charge on any atom is 0.275 e. The molecule has 2 aromatic rings. The second kappa shape index (κ2) is 5.86. The van der Waals surface area contributed by atoms with E-state index in [1.165, 1.54) is 12.8 Å². The zero-order valence-electron chi connectivity index (χ0n) is 14.6. The minimum atomic E-state index is -0.426. The zero-order valence-corrected chi connectivity index (χ0v) is 14.6. The van der Waals surface area contributed by atoms with Crippen LogP contribution >= 0.6 is 0 Å². The van der Waals surface area contributed by atoms with Crippen LogP contribution in [0.2, 0.25) is 0 Å². The molecule has 0 unspecified atom stereocenters. The molecule has 4 rings (SSSR count). The predicted molar refractivity (Wildman–Crippen MR) is 94.8 cm³/mol. The van der Waals surface area contributed by atoms with Crippen molar-refractivity contribution in [1.29, 1.82) is 0 Å². The lowest BCUT2D eigenvalue weighted by Crippen LogP contribution is -2.49. The van der Waals surface area contributed by atoms with Crippen molar-refractivity contribution in [2.75, 3.05) is 13.1 Å². The summed E-state index contributed by atoms with van der Waals surface area (Å²) in [7, 11) is 1.85. The molecule has 25 heavy (non-hydrogen) atoms. The molecule has 1 saturated heterocycles. The summed E-state index contributed by atoms with van der Waals surface area (Å²) in [5.74, 6) is 0.394. The first-order valence-electron chi connectivity index (χ1n) is 9.01. The second-order valence-corrected chi connectivity index (χ2v) is 7.57. The van der Waals surface area contributed by atoms with Crippen molar-refractivity contribution < 1.29 is 9.59 Å². The summed E-state index contributed by atoms with van der Waals surface area (Å²) >= 11 is 0. The van der Waals surface area contributed by atoms with E-state index in [0.29, 0.717) is 37.5 Å². The summed E-state index contributed by atoms with van der Waals surface area (Å²) in [5, 5.41) is 5.30. The molecule has 2 amide bonds. The van der Waals surface area contributed by atoms with Crippen LogP contribution in [0.4, 0.5) is 0 Å². The van der Waals surface area contributed by atoms with E-state index in [9.17, 15) is 9.59 Å². The molecule has 1 aromatic heterocycles. The molecule has 1 saturated carbocycles. The first-order chi connectivity index (χ1) is 12.0. The Morgan fingerprint density at radius 2 is 1.92 bits per heavy atom. The van der Waals surface area contributed by atoms with Gasteiger partial charge in [-0.15, -0.1) is 0 Å². The molecule has 0 bridgehead atoms. The average Bonchev–Trinajstić information content (AvgIpc) is 3.37. The summed E-state index contributed by atoms with van der Waals surface area (Å²) in [5.41, 5.74) is 6.74. The van der Waals surface area contributed by atoms with Gasteiger partial charge in [0.25, 0.3) is 5.91 Å². The lowest BCUT2D eigenvalue weighted by molar-refractivity contribution is -0.131. The largest absolute Gasteiger partial charge is 0.369 e. The van der Waals surface area contributed by atoms with Crippen molar-refractivity contribution in [3.8, 4) is 0 Å². The van der Waals surface area contributed by atoms with Gasteiger partial charge in [0.05, 0.1) is 10.9 Å². The fourth-order valence-electron chi connectivity index (χ4n) is 4.09. The van der Waals surface area contributed by atoms with Gasteiger partial charge in [-0.05, 0) is 31.2 Å². The van der Waals surface area contributed by atoms with Gasteiger partial charge in [0.2, 0.25) is 5.91 Å². The standard InChI is InChI=1S/C19H24N4O2/c1-22-15-5-3-2-4-14(15)16(21-22)17(24)23-10-8-19(9-11-23,18(20)25)12-13-6-7-13/h2-5,13H,6-12H2,1H3,(H2,20,25). The first-order valence-corrected chi connectivity index (χ1v) is 9.01. The van der Waals surface area contributed by atoms with E-state index in [0.717, 1.165) is 17.3 Å². The van der Waals surface area contributed by atoms with Gasteiger partial charge in [0, 0.05) is 25.5 Å². The van der Waals surface area contributed by atoms with E-state index in [-0.39, 0.29) is 11.8 Å². The van der Waals surface area contributed by atoms with Crippen molar-refractivity contribution in [2.45, 2.75) is 32.1 Å². The Labute approximate surface area is 147 Å². The van der Waals surface area contributed by atoms with E-state index in [2.05, 4.69) is 5.10 Å². The number of hydrogen-bond acceptors (Lipinski definition) is 3. The number of piperidine rings is 1. The van der Waals surface area contributed by atoms with Crippen LogP contribution in [-0.4, -0.2) is 39.6 Å². The third kappa shape index (κ3) is 2.79. The Balaban J connectivity index is 1.53.